The van der Waals surface area contributed by atoms with Crippen LogP contribution in [0.25, 0.3) is 0 Å². The first-order valence-corrected chi connectivity index (χ1v) is 8.67. The Bertz CT molecular complexity index is 635. The van der Waals surface area contributed by atoms with Crippen LogP contribution < -0.4 is 5.32 Å². The Hall–Kier alpha value is -2.57. The molecule has 1 heterocycles. The summed E-state index contributed by atoms with van der Waals surface area (Å²) in [4.78, 5) is 41.5. The topological polar surface area (TPSA) is 73.0 Å². The summed E-state index contributed by atoms with van der Waals surface area (Å²) in [5.41, 5.74) is 1.14. The monoisotopic (exact) mass is 346 g/mol. The summed E-state index contributed by atoms with van der Waals surface area (Å²) in [6, 6.07) is 6.94. The van der Waals surface area contributed by atoms with E-state index in [2.05, 4.69) is 5.32 Å². The van der Waals surface area contributed by atoms with Crippen LogP contribution in [0.15, 0.2) is 24.3 Å². The maximum atomic E-state index is 12.7. The number of benzene rings is 1. The molecule has 1 aromatic carbocycles. The van der Waals surface area contributed by atoms with Gasteiger partial charge in [0.1, 0.15) is 0 Å². The summed E-state index contributed by atoms with van der Waals surface area (Å²) in [5.74, 6) is -0.254. The molecule has 2 rings (SSSR count). The molecule has 1 aliphatic heterocycles. The van der Waals surface area contributed by atoms with Crippen LogP contribution in [0.4, 0.5) is 10.5 Å². The molecule has 0 saturated carbocycles. The minimum atomic E-state index is -0.173. The lowest BCUT2D eigenvalue weighted by Crippen LogP contribution is -2.54. The minimum Gasteiger partial charge on any atom is -0.335 e. The van der Waals surface area contributed by atoms with E-state index in [1.807, 2.05) is 13.8 Å². The van der Waals surface area contributed by atoms with E-state index < -0.39 is 0 Å². The predicted molar refractivity (Wildman–Crippen MR) is 96.5 cm³/mol. The molecule has 1 aromatic rings. The number of carbonyl (C=O) groups is 3. The third-order valence-corrected chi connectivity index (χ3v) is 4.30. The summed E-state index contributed by atoms with van der Waals surface area (Å²) >= 11 is 0. The number of rotatable bonds is 4. The fourth-order valence-corrected chi connectivity index (χ4v) is 2.91. The van der Waals surface area contributed by atoms with E-state index >= 15 is 0 Å². The fourth-order valence-electron chi connectivity index (χ4n) is 2.91. The lowest BCUT2D eigenvalue weighted by atomic mass is 10.1. The van der Waals surface area contributed by atoms with Gasteiger partial charge in [-0.3, -0.25) is 9.59 Å². The molecule has 1 saturated heterocycles. The van der Waals surface area contributed by atoms with Gasteiger partial charge in [-0.2, -0.15) is 0 Å². The highest BCUT2D eigenvalue weighted by molar-refractivity contribution is 5.97. The predicted octanol–water partition coefficient (Wildman–Crippen LogP) is 1.86. The van der Waals surface area contributed by atoms with Crippen LogP contribution in [0, 0.1) is 0 Å². The molecule has 0 bridgehead atoms. The maximum absolute atomic E-state index is 12.7. The van der Waals surface area contributed by atoms with E-state index in [1.54, 1.807) is 39.0 Å². The molecule has 7 heteroatoms. The smallest absolute Gasteiger partial charge is 0.320 e. The van der Waals surface area contributed by atoms with Crippen molar-refractivity contribution in [1.29, 1.82) is 0 Å². The van der Waals surface area contributed by atoms with E-state index in [4.69, 9.17) is 0 Å². The van der Waals surface area contributed by atoms with Crippen molar-refractivity contribution in [1.82, 2.24) is 14.7 Å². The average molecular weight is 346 g/mol. The Morgan fingerprint density at radius 2 is 1.64 bits per heavy atom. The van der Waals surface area contributed by atoms with Crippen LogP contribution in [-0.4, -0.2) is 71.8 Å². The molecule has 0 aromatic heterocycles. The normalized spacial score (nSPS) is 14.2. The van der Waals surface area contributed by atoms with Crippen molar-refractivity contribution in [3.05, 3.63) is 29.8 Å². The van der Waals surface area contributed by atoms with Gasteiger partial charge >= 0.3 is 6.03 Å². The highest BCUT2D eigenvalue weighted by Crippen LogP contribution is 2.15. The van der Waals surface area contributed by atoms with Crippen LogP contribution in [0.3, 0.4) is 0 Å². The van der Waals surface area contributed by atoms with E-state index in [0.29, 0.717) is 50.5 Å². The molecule has 0 aliphatic carbocycles. The Labute approximate surface area is 148 Å². The zero-order chi connectivity index (χ0) is 18.4. The van der Waals surface area contributed by atoms with Crippen molar-refractivity contribution in [2.24, 2.45) is 0 Å². The highest BCUT2D eigenvalue weighted by Gasteiger charge is 2.26. The lowest BCUT2D eigenvalue weighted by molar-refractivity contribution is -0.114. The summed E-state index contributed by atoms with van der Waals surface area (Å²) < 4.78 is 0. The third-order valence-electron chi connectivity index (χ3n) is 4.30. The number of carbonyl (C=O) groups excluding carboxylic acids is 3. The van der Waals surface area contributed by atoms with Crippen molar-refractivity contribution < 1.29 is 14.4 Å². The summed E-state index contributed by atoms with van der Waals surface area (Å²) in [6.45, 7) is 8.81. The molecule has 0 unspecified atom stereocenters. The van der Waals surface area contributed by atoms with Crippen molar-refractivity contribution in [3.63, 3.8) is 0 Å². The first-order chi connectivity index (χ1) is 12.0. The fraction of sp³-hybridized carbons (Fsp3) is 0.500. The average Bonchev–Trinajstić information content (AvgIpc) is 2.62. The standard InChI is InChI=1S/C18H26N4O3/c1-4-20(5-2)18(25)22-11-9-21(10-12-22)17(24)15-7-6-8-16(13-15)19-14(3)23/h6-8,13H,4-5,9-12H2,1-3H3,(H,19,23). The zero-order valence-electron chi connectivity index (χ0n) is 15.1. The number of nitrogens with zero attached hydrogens (tertiary/aromatic N) is 3. The number of hydrogen-bond acceptors (Lipinski definition) is 3. The molecular weight excluding hydrogens is 320 g/mol. The van der Waals surface area contributed by atoms with Gasteiger partial charge in [0.2, 0.25) is 5.91 Å². The zero-order valence-corrected chi connectivity index (χ0v) is 15.1. The number of anilines is 1. The molecule has 0 atom stereocenters. The number of nitrogens with one attached hydrogen (secondary N) is 1. The minimum absolute atomic E-state index is 0.0322. The number of piperazine rings is 1. The summed E-state index contributed by atoms with van der Waals surface area (Å²) in [7, 11) is 0. The Balaban J connectivity index is 1.97. The molecule has 1 aliphatic rings. The quantitative estimate of drug-likeness (QED) is 0.904. The Morgan fingerprint density at radius 3 is 2.20 bits per heavy atom. The second kappa shape index (κ2) is 8.50. The van der Waals surface area contributed by atoms with E-state index in [0.717, 1.165) is 0 Å². The maximum Gasteiger partial charge on any atom is 0.320 e. The van der Waals surface area contributed by atoms with Gasteiger partial charge in [-0.05, 0) is 32.0 Å². The van der Waals surface area contributed by atoms with Crippen LogP contribution >= 0.6 is 0 Å². The molecule has 4 amide bonds. The molecule has 7 nitrogen and oxygen atoms in total. The molecule has 136 valence electrons. The first kappa shape index (κ1) is 18.8. The van der Waals surface area contributed by atoms with Crippen LogP contribution in [0.1, 0.15) is 31.1 Å². The van der Waals surface area contributed by atoms with Crippen LogP contribution in [0.2, 0.25) is 0 Å². The largest absolute Gasteiger partial charge is 0.335 e. The van der Waals surface area contributed by atoms with Gasteiger partial charge in [0.05, 0.1) is 0 Å². The van der Waals surface area contributed by atoms with E-state index in [-0.39, 0.29) is 17.8 Å². The SMILES string of the molecule is CCN(CC)C(=O)N1CCN(C(=O)c2cccc(NC(C)=O)c2)CC1. The number of urea groups is 1. The van der Waals surface area contributed by atoms with Gasteiger partial charge in [-0.15, -0.1) is 0 Å². The summed E-state index contributed by atoms with van der Waals surface area (Å²) in [6.07, 6.45) is 0. The molecule has 25 heavy (non-hydrogen) atoms. The van der Waals surface area contributed by atoms with Gasteiger partial charge in [0.15, 0.2) is 0 Å². The van der Waals surface area contributed by atoms with Gasteiger partial charge in [-0.25, -0.2) is 4.79 Å². The Kier molecular flexibility index (Phi) is 6.38. The van der Waals surface area contributed by atoms with Gasteiger partial charge in [0, 0.05) is 57.4 Å². The number of hydrogen-bond donors (Lipinski definition) is 1. The van der Waals surface area contributed by atoms with Crippen LogP contribution in [-0.2, 0) is 4.79 Å². The van der Waals surface area contributed by atoms with Crippen molar-refractivity contribution in [3.8, 4) is 0 Å². The van der Waals surface area contributed by atoms with Gasteiger partial charge < -0.3 is 20.0 Å². The van der Waals surface area contributed by atoms with Gasteiger partial charge in [-0.1, -0.05) is 6.07 Å². The first-order valence-electron chi connectivity index (χ1n) is 8.67. The third kappa shape index (κ3) is 4.71. The molecule has 0 spiro atoms. The molecule has 1 N–H and O–H groups in total. The summed E-state index contributed by atoms with van der Waals surface area (Å²) in [5, 5.41) is 2.68. The second-order valence-corrected chi connectivity index (χ2v) is 6.00. The Morgan fingerprint density at radius 1 is 1.04 bits per heavy atom. The number of amides is 4. The van der Waals surface area contributed by atoms with Crippen LogP contribution in [0.5, 0.6) is 0 Å². The van der Waals surface area contributed by atoms with Crippen molar-refractivity contribution in [2.45, 2.75) is 20.8 Å². The van der Waals surface area contributed by atoms with E-state index in [1.165, 1.54) is 6.92 Å². The van der Waals surface area contributed by atoms with Crippen molar-refractivity contribution in [2.75, 3.05) is 44.6 Å². The van der Waals surface area contributed by atoms with E-state index in [9.17, 15) is 14.4 Å². The van der Waals surface area contributed by atoms with Crippen molar-refractivity contribution >= 4 is 23.5 Å². The second-order valence-electron chi connectivity index (χ2n) is 6.00. The molecule has 1 fully saturated rings. The molecule has 0 radical (unpaired) electrons. The van der Waals surface area contributed by atoms with Gasteiger partial charge in [0.25, 0.3) is 5.91 Å². The highest BCUT2D eigenvalue weighted by atomic mass is 16.2. The molecular formula is C18H26N4O3. The lowest BCUT2D eigenvalue weighted by Gasteiger charge is -2.37.